The Morgan fingerprint density at radius 1 is 1.19 bits per heavy atom. The molecule has 21 heavy (non-hydrogen) atoms. The molecule has 1 heterocycles. The second-order valence-electron chi connectivity index (χ2n) is 4.98. The third kappa shape index (κ3) is 3.52. The van der Waals surface area contributed by atoms with Crippen molar-refractivity contribution in [3.63, 3.8) is 0 Å². The van der Waals surface area contributed by atoms with Crippen LogP contribution in [0.5, 0.6) is 0 Å². The summed E-state index contributed by atoms with van der Waals surface area (Å²) in [5.74, 6) is 0.546. The van der Waals surface area contributed by atoms with Crippen LogP contribution in [-0.2, 0) is 16.4 Å². The van der Waals surface area contributed by atoms with Crippen LogP contribution in [0.15, 0.2) is 45.9 Å². The number of furan rings is 1. The molecule has 1 aromatic carbocycles. The summed E-state index contributed by atoms with van der Waals surface area (Å²) in [6, 6.07) is 7.76. The Morgan fingerprint density at radius 2 is 1.81 bits per heavy atom. The van der Waals surface area contributed by atoms with E-state index in [1.165, 1.54) is 29.2 Å². The monoisotopic (exact) mass is 307 g/mol. The van der Waals surface area contributed by atoms with Gasteiger partial charge in [-0.25, -0.2) is 8.42 Å². The second-order valence-corrected chi connectivity index (χ2v) is 7.00. The van der Waals surface area contributed by atoms with Crippen molar-refractivity contribution in [2.75, 3.05) is 13.3 Å². The molecule has 0 spiro atoms. The average molecular weight is 307 g/mol. The normalized spacial score (nSPS) is 11.4. The van der Waals surface area contributed by atoms with Crippen LogP contribution < -0.4 is 0 Å². The molecule has 1 amide bonds. The Kier molecular flexibility index (Phi) is 4.18. The number of aryl methyl sites for hydroxylation is 1. The van der Waals surface area contributed by atoms with Gasteiger partial charge in [-0.2, -0.15) is 0 Å². The minimum atomic E-state index is -3.25. The van der Waals surface area contributed by atoms with E-state index in [0.717, 1.165) is 17.6 Å². The summed E-state index contributed by atoms with van der Waals surface area (Å²) in [7, 11) is -1.58. The van der Waals surface area contributed by atoms with Crippen LogP contribution >= 0.6 is 0 Å². The molecular formula is C15H17NO4S. The highest BCUT2D eigenvalue weighted by molar-refractivity contribution is 7.90. The van der Waals surface area contributed by atoms with Gasteiger partial charge in [0, 0.05) is 18.9 Å². The van der Waals surface area contributed by atoms with Crippen LogP contribution in [0.3, 0.4) is 0 Å². The first-order valence-electron chi connectivity index (χ1n) is 6.37. The van der Waals surface area contributed by atoms with Gasteiger partial charge in [0.25, 0.3) is 5.91 Å². The minimum absolute atomic E-state index is 0.189. The van der Waals surface area contributed by atoms with Crippen molar-refractivity contribution in [2.45, 2.75) is 18.4 Å². The predicted octanol–water partition coefficient (Wildman–Crippen LogP) is 2.26. The van der Waals surface area contributed by atoms with Crippen LogP contribution in [0.2, 0.25) is 0 Å². The fourth-order valence-corrected chi connectivity index (χ4v) is 2.55. The summed E-state index contributed by atoms with van der Waals surface area (Å²) in [5.41, 5.74) is 1.43. The highest BCUT2D eigenvalue weighted by Crippen LogP contribution is 2.15. The quantitative estimate of drug-likeness (QED) is 0.869. The number of carbonyl (C=O) groups is 1. The average Bonchev–Trinajstić information content (AvgIpc) is 2.82. The Labute approximate surface area is 124 Å². The molecule has 0 aliphatic heterocycles. The van der Waals surface area contributed by atoms with Gasteiger partial charge in [0.1, 0.15) is 5.76 Å². The van der Waals surface area contributed by atoms with E-state index in [1.807, 2.05) is 13.0 Å². The van der Waals surface area contributed by atoms with E-state index in [2.05, 4.69) is 0 Å². The van der Waals surface area contributed by atoms with Crippen LogP contribution in [0.1, 0.15) is 21.7 Å². The lowest BCUT2D eigenvalue weighted by Gasteiger charge is -2.16. The molecule has 6 heteroatoms. The number of hydrogen-bond acceptors (Lipinski definition) is 4. The van der Waals surface area contributed by atoms with Gasteiger partial charge in [-0.05, 0) is 42.8 Å². The van der Waals surface area contributed by atoms with Gasteiger partial charge < -0.3 is 9.32 Å². The Hall–Kier alpha value is -2.08. The summed E-state index contributed by atoms with van der Waals surface area (Å²) in [6.07, 6.45) is 2.72. The SMILES string of the molecule is Cc1ccoc1CN(C)C(=O)c1ccc(S(C)(=O)=O)cc1. The van der Waals surface area contributed by atoms with Crippen molar-refractivity contribution >= 4 is 15.7 Å². The van der Waals surface area contributed by atoms with Crippen molar-refractivity contribution in [3.05, 3.63) is 53.5 Å². The third-order valence-electron chi connectivity index (χ3n) is 3.23. The lowest BCUT2D eigenvalue weighted by Crippen LogP contribution is -2.26. The van der Waals surface area contributed by atoms with E-state index < -0.39 is 9.84 Å². The van der Waals surface area contributed by atoms with E-state index in [4.69, 9.17) is 4.42 Å². The molecule has 0 aliphatic carbocycles. The second kappa shape index (κ2) is 5.73. The van der Waals surface area contributed by atoms with Gasteiger partial charge in [-0.1, -0.05) is 0 Å². The highest BCUT2D eigenvalue weighted by Gasteiger charge is 2.15. The Bertz CT molecular complexity index is 744. The van der Waals surface area contributed by atoms with E-state index in [9.17, 15) is 13.2 Å². The highest BCUT2D eigenvalue weighted by atomic mass is 32.2. The largest absolute Gasteiger partial charge is 0.467 e. The van der Waals surface area contributed by atoms with Crippen LogP contribution in [0, 0.1) is 6.92 Å². The summed E-state index contributed by atoms with van der Waals surface area (Å²) in [6.45, 7) is 2.28. The number of carbonyl (C=O) groups excluding carboxylic acids is 1. The van der Waals surface area contributed by atoms with Crippen molar-refractivity contribution in [1.29, 1.82) is 0 Å². The molecule has 0 N–H and O–H groups in total. The lowest BCUT2D eigenvalue weighted by molar-refractivity contribution is 0.0775. The van der Waals surface area contributed by atoms with Gasteiger partial charge >= 0.3 is 0 Å². The number of benzene rings is 1. The van der Waals surface area contributed by atoms with E-state index in [-0.39, 0.29) is 10.8 Å². The van der Waals surface area contributed by atoms with Gasteiger partial charge in [-0.15, -0.1) is 0 Å². The summed E-state index contributed by atoms with van der Waals surface area (Å²) >= 11 is 0. The maximum atomic E-state index is 12.3. The number of amides is 1. The molecule has 112 valence electrons. The minimum Gasteiger partial charge on any atom is -0.467 e. The molecule has 2 aromatic rings. The molecule has 5 nitrogen and oxygen atoms in total. The molecule has 0 aliphatic rings. The maximum absolute atomic E-state index is 12.3. The molecule has 0 saturated carbocycles. The van der Waals surface area contributed by atoms with Crippen molar-refractivity contribution in [2.24, 2.45) is 0 Å². The Balaban J connectivity index is 2.14. The predicted molar refractivity (Wildman–Crippen MR) is 78.8 cm³/mol. The molecule has 0 saturated heterocycles. The van der Waals surface area contributed by atoms with Gasteiger partial charge in [-0.3, -0.25) is 4.79 Å². The van der Waals surface area contributed by atoms with E-state index >= 15 is 0 Å². The molecule has 0 radical (unpaired) electrons. The first-order chi connectivity index (χ1) is 9.79. The van der Waals surface area contributed by atoms with E-state index in [1.54, 1.807) is 13.3 Å². The van der Waals surface area contributed by atoms with Crippen molar-refractivity contribution < 1.29 is 17.6 Å². The number of hydrogen-bond donors (Lipinski definition) is 0. The Morgan fingerprint density at radius 3 is 2.29 bits per heavy atom. The van der Waals surface area contributed by atoms with E-state index in [0.29, 0.717) is 12.1 Å². The topological polar surface area (TPSA) is 67.6 Å². The fourth-order valence-electron chi connectivity index (χ4n) is 1.92. The molecule has 0 bridgehead atoms. The standard InChI is InChI=1S/C15H17NO4S/c1-11-8-9-20-14(11)10-16(2)15(17)12-4-6-13(7-5-12)21(3,18)19/h4-9H,10H2,1-3H3. The van der Waals surface area contributed by atoms with Crippen LogP contribution in [0.25, 0.3) is 0 Å². The molecule has 0 fully saturated rings. The maximum Gasteiger partial charge on any atom is 0.254 e. The lowest BCUT2D eigenvalue weighted by atomic mass is 10.2. The zero-order valence-electron chi connectivity index (χ0n) is 12.2. The number of sulfone groups is 1. The van der Waals surface area contributed by atoms with Gasteiger partial charge in [0.05, 0.1) is 17.7 Å². The zero-order chi connectivity index (χ0) is 15.6. The number of rotatable bonds is 4. The molecule has 0 unspecified atom stereocenters. The van der Waals surface area contributed by atoms with Gasteiger partial charge in [0.15, 0.2) is 9.84 Å². The molecule has 2 rings (SSSR count). The zero-order valence-corrected chi connectivity index (χ0v) is 13.0. The summed E-state index contributed by atoms with van der Waals surface area (Å²) < 4.78 is 28.1. The summed E-state index contributed by atoms with van der Waals surface area (Å²) in [4.78, 5) is 14.0. The molecule has 1 aromatic heterocycles. The van der Waals surface area contributed by atoms with Crippen LogP contribution in [0.4, 0.5) is 0 Å². The molecular weight excluding hydrogens is 290 g/mol. The van der Waals surface area contributed by atoms with Gasteiger partial charge in [0.2, 0.25) is 0 Å². The first kappa shape index (κ1) is 15.3. The third-order valence-corrected chi connectivity index (χ3v) is 4.35. The first-order valence-corrected chi connectivity index (χ1v) is 8.27. The molecule has 0 atom stereocenters. The smallest absolute Gasteiger partial charge is 0.254 e. The number of nitrogens with zero attached hydrogens (tertiary/aromatic N) is 1. The summed E-state index contributed by atoms with van der Waals surface area (Å²) in [5, 5.41) is 0. The van der Waals surface area contributed by atoms with Crippen LogP contribution in [-0.4, -0.2) is 32.5 Å². The van der Waals surface area contributed by atoms with Crippen molar-refractivity contribution in [1.82, 2.24) is 4.90 Å². The fraction of sp³-hybridized carbons (Fsp3) is 0.267. The van der Waals surface area contributed by atoms with Crippen molar-refractivity contribution in [3.8, 4) is 0 Å².